The summed E-state index contributed by atoms with van der Waals surface area (Å²) in [6, 6.07) is 3.33. The second-order valence-corrected chi connectivity index (χ2v) is 4.19. The van der Waals surface area contributed by atoms with Gasteiger partial charge in [-0.05, 0) is 6.07 Å². The van der Waals surface area contributed by atoms with Crippen molar-refractivity contribution in [1.29, 1.82) is 0 Å². The van der Waals surface area contributed by atoms with Gasteiger partial charge in [0.25, 0.3) is 0 Å². The van der Waals surface area contributed by atoms with Gasteiger partial charge in [0, 0.05) is 12.1 Å². The van der Waals surface area contributed by atoms with Gasteiger partial charge in [-0.15, -0.1) is 0 Å². The molecular formula is C13H8F2N2O3. The van der Waals surface area contributed by atoms with E-state index in [1.807, 2.05) is 0 Å². The van der Waals surface area contributed by atoms with E-state index in [4.69, 9.17) is 9.52 Å². The summed E-state index contributed by atoms with van der Waals surface area (Å²) >= 11 is 0. The fraction of sp³-hybridized carbons (Fsp3) is 0.0769. The van der Waals surface area contributed by atoms with Crippen LogP contribution in [-0.4, -0.2) is 20.6 Å². The molecule has 0 saturated carbocycles. The summed E-state index contributed by atoms with van der Waals surface area (Å²) in [4.78, 5) is 14.9. The summed E-state index contributed by atoms with van der Waals surface area (Å²) in [6.07, 6.45) is 2.63. The summed E-state index contributed by atoms with van der Waals surface area (Å²) < 4.78 is 32.9. The second-order valence-electron chi connectivity index (χ2n) is 4.19. The third-order valence-electron chi connectivity index (χ3n) is 2.95. The normalized spacial score (nSPS) is 11.1. The first kappa shape index (κ1) is 12.3. The standard InChI is InChI=1S/C13H8F2N2O3/c14-8-3-10-11(4-9(8)15)17(6-16-10)5-12-7(13(18)19)1-2-20-12/h1-4,6H,5H2,(H,18,19). The molecule has 0 bridgehead atoms. The Hall–Kier alpha value is -2.70. The Balaban J connectivity index is 2.05. The van der Waals surface area contributed by atoms with Crippen LogP contribution in [0.5, 0.6) is 0 Å². The summed E-state index contributed by atoms with van der Waals surface area (Å²) in [7, 11) is 0. The van der Waals surface area contributed by atoms with Crippen molar-refractivity contribution >= 4 is 17.0 Å². The van der Waals surface area contributed by atoms with E-state index in [9.17, 15) is 13.6 Å². The van der Waals surface area contributed by atoms with Crippen LogP contribution < -0.4 is 0 Å². The van der Waals surface area contributed by atoms with Crippen LogP contribution in [0.3, 0.4) is 0 Å². The summed E-state index contributed by atoms with van der Waals surface area (Å²) in [5.41, 5.74) is 0.665. The molecule has 1 aromatic carbocycles. The lowest BCUT2D eigenvalue weighted by Crippen LogP contribution is -2.04. The lowest BCUT2D eigenvalue weighted by atomic mass is 10.2. The third kappa shape index (κ3) is 1.93. The van der Waals surface area contributed by atoms with E-state index >= 15 is 0 Å². The molecule has 1 N–H and O–H groups in total. The number of carboxylic acid groups (broad SMARTS) is 1. The number of rotatable bonds is 3. The fourth-order valence-corrected chi connectivity index (χ4v) is 1.99. The number of halogens is 2. The van der Waals surface area contributed by atoms with Crippen LogP contribution in [-0.2, 0) is 6.54 Å². The molecule has 2 aromatic heterocycles. The van der Waals surface area contributed by atoms with E-state index < -0.39 is 17.6 Å². The van der Waals surface area contributed by atoms with Gasteiger partial charge in [-0.1, -0.05) is 0 Å². The molecule has 0 saturated heterocycles. The van der Waals surface area contributed by atoms with Gasteiger partial charge < -0.3 is 14.1 Å². The van der Waals surface area contributed by atoms with Crippen molar-refractivity contribution in [2.75, 3.05) is 0 Å². The first-order valence-corrected chi connectivity index (χ1v) is 5.66. The van der Waals surface area contributed by atoms with Crippen LogP contribution in [0.25, 0.3) is 11.0 Å². The van der Waals surface area contributed by atoms with E-state index in [0.717, 1.165) is 12.1 Å². The monoisotopic (exact) mass is 278 g/mol. The number of hydrogen-bond donors (Lipinski definition) is 1. The molecule has 20 heavy (non-hydrogen) atoms. The molecule has 3 aromatic rings. The third-order valence-corrected chi connectivity index (χ3v) is 2.95. The SMILES string of the molecule is O=C(O)c1ccoc1Cn1cnc2cc(F)c(F)cc21. The minimum atomic E-state index is -1.12. The molecular weight excluding hydrogens is 270 g/mol. The average molecular weight is 278 g/mol. The van der Waals surface area contributed by atoms with Crippen LogP contribution in [0.2, 0.25) is 0 Å². The Morgan fingerprint density at radius 3 is 2.85 bits per heavy atom. The van der Waals surface area contributed by atoms with Gasteiger partial charge in [0.1, 0.15) is 11.3 Å². The van der Waals surface area contributed by atoms with E-state index in [0.29, 0.717) is 5.52 Å². The van der Waals surface area contributed by atoms with Gasteiger partial charge in [-0.3, -0.25) is 0 Å². The van der Waals surface area contributed by atoms with Crippen LogP contribution in [0.4, 0.5) is 8.78 Å². The van der Waals surface area contributed by atoms with E-state index in [-0.39, 0.29) is 23.4 Å². The molecule has 0 amide bonds. The number of nitrogens with zero attached hydrogens (tertiary/aromatic N) is 2. The van der Waals surface area contributed by atoms with Gasteiger partial charge in [0.15, 0.2) is 11.6 Å². The molecule has 0 spiro atoms. The number of imidazole rings is 1. The summed E-state index contributed by atoms with van der Waals surface area (Å²) in [6.45, 7) is 0.0657. The van der Waals surface area contributed by atoms with Crippen LogP contribution in [0.15, 0.2) is 35.2 Å². The first-order valence-electron chi connectivity index (χ1n) is 5.66. The van der Waals surface area contributed by atoms with Gasteiger partial charge in [0.05, 0.1) is 30.2 Å². The molecule has 0 aliphatic rings. The smallest absolute Gasteiger partial charge is 0.339 e. The molecule has 102 valence electrons. The number of aromatic nitrogens is 2. The van der Waals surface area contributed by atoms with Gasteiger partial charge in [0.2, 0.25) is 0 Å². The van der Waals surface area contributed by atoms with Gasteiger partial charge in [-0.2, -0.15) is 0 Å². The largest absolute Gasteiger partial charge is 0.478 e. The quantitative estimate of drug-likeness (QED) is 0.799. The molecule has 0 atom stereocenters. The first-order chi connectivity index (χ1) is 9.56. The van der Waals surface area contributed by atoms with Crippen molar-refractivity contribution in [3.63, 3.8) is 0 Å². The van der Waals surface area contributed by atoms with Gasteiger partial charge >= 0.3 is 5.97 Å². The number of furan rings is 1. The molecule has 0 radical (unpaired) electrons. The molecule has 0 unspecified atom stereocenters. The van der Waals surface area contributed by atoms with Crippen LogP contribution >= 0.6 is 0 Å². The Bertz CT molecular complexity index is 807. The average Bonchev–Trinajstić information content (AvgIpc) is 2.99. The summed E-state index contributed by atoms with van der Waals surface area (Å²) in [5.74, 6) is -2.87. The van der Waals surface area contributed by atoms with E-state index in [2.05, 4.69) is 4.98 Å². The molecule has 7 heteroatoms. The number of benzene rings is 1. The minimum absolute atomic E-state index is 0.0226. The van der Waals surface area contributed by atoms with Crippen molar-refractivity contribution in [2.24, 2.45) is 0 Å². The lowest BCUT2D eigenvalue weighted by Gasteiger charge is -2.03. The number of hydrogen-bond acceptors (Lipinski definition) is 3. The summed E-state index contributed by atoms with van der Waals surface area (Å²) in [5, 5.41) is 8.98. The zero-order chi connectivity index (χ0) is 14.3. The molecule has 0 fully saturated rings. The van der Waals surface area contributed by atoms with Crippen molar-refractivity contribution in [2.45, 2.75) is 6.54 Å². The predicted molar refractivity (Wildman–Crippen MR) is 64.4 cm³/mol. The highest BCUT2D eigenvalue weighted by molar-refractivity contribution is 5.88. The second kappa shape index (κ2) is 4.44. The highest BCUT2D eigenvalue weighted by Gasteiger charge is 2.15. The number of aromatic carboxylic acids is 1. The molecule has 3 rings (SSSR count). The van der Waals surface area contributed by atoms with Crippen molar-refractivity contribution in [3.05, 3.63) is 53.7 Å². The van der Waals surface area contributed by atoms with Crippen molar-refractivity contribution in [1.82, 2.24) is 9.55 Å². The highest BCUT2D eigenvalue weighted by Crippen LogP contribution is 2.20. The highest BCUT2D eigenvalue weighted by atomic mass is 19.2. The van der Waals surface area contributed by atoms with Crippen LogP contribution in [0, 0.1) is 11.6 Å². The van der Waals surface area contributed by atoms with Crippen molar-refractivity contribution < 1.29 is 23.1 Å². The molecule has 0 aliphatic carbocycles. The Morgan fingerprint density at radius 1 is 1.35 bits per heavy atom. The van der Waals surface area contributed by atoms with E-state index in [1.165, 1.54) is 23.2 Å². The van der Waals surface area contributed by atoms with Gasteiger partial charge in [-0.25, -0.2) is 18.6 Å². The van der Waals surface area contributed by atoms with Crippen molar-refractivity contribution in [3.8, 4) is 0 Å². The lowest BCUT2D eigenvalue weighted by molar-refractivity contribution is 0.0694. The molecule has 2 heterocycles. The maximum Gasteiger partial charge on any atom is 0.339 e. The zero-order valence-corrected chi connectivity index (χ0v) is 10.0. The molecule has 5 nitrogen and oxygen atoms in total. The van der Waals surface area contributed by atoms with Crippen LogP contribution in [0.1, 0.15) is 16.1 Å². The topological polar surface area (TPSA) is 68.3 Å². The van der Waals surface area contributed by atoms with E-state index in [1.54, 1.807) is 0 Å². The maximum atomic E-state index is 13.3. The fourth-order valence-electron chi connectivity index (χ4n) is 1.99. The Kier molecular flexibility index (Phi) is 2.74. The maximum absolute atomic E-state index is 13.3. The Morgan fingerprint density at radius 2 is 2.10 bits per heavy atom. The minimum Gasteiger partial charge on any atom is -0.478 e. The molecule has 0 aliphatic heterocycles. The number of carboxylic acids is 1. The number of fused-ring (bicyclic) bond motifs is 1. The zero-order valence-electron chi connectivity index (χ0n) is 10.0. The predicted octanol–water partition coefficient (Wildman–Crippen LogP) is 2.65. The Labute approximate surface area is 111 Å². The number of carbonyl (C=O) groups is 1.